The number of likely N-dealkylation sites (N-methyl/N-ethyl adjacent to an activating group) is 1. The largest absolute Gasteiger partial charge is 0.503 e. The zero-order valence-corrected chi connectivity index (χ0v) is 13.6. The number of aliphatic hydroxyl groups is 1. The molecule has 6 nitrogen and oxygen atoms in total. The highest BCUT2D eigenvalue weighted by molar-refractivity contribution is 5.29. The quantitative estimate of drug-likeness (QED) is 0.794. The topological polar surface area (TPSA) is 78.6 Å². The van der Waals surface area contributed by atoms with Gasteiger partial charge in [-0.2, -0.15) is 0 Å². The normalized spacial score (nSPS) is 11.1. The minimum absolute atomic E-state index is 0.0448. The van der Waals surface area contributed by atoms with Crippen molar-refractivity contribution in [1.29, 1.82) is 0 Å². The molecule has 2 heterocycles. The van der Waals surface area contributed by atoms with Crippen molar-refractivity contribution < 1.29 is 10.2 Å². The molecule has 0 atom stereocenters. The van der Waals surface area contributed by atoms with E-state index in [-0.39, 0.29) is 17.8 Å². The van der Waals surface area contributed by atoms with E-state index < -0.39 is 0 Å². The van der Waals surface area contributed by atoms with Crippen LogP contribution in [0.4, 0.5) is 0 Å². The maximum absolute atomic E-state index is 11.8. The molecule has 0 fully saturated rings. The Labute approximate surface area is 135 Å². The van der Waals surface area contributed by atoms with Gasteiger partial charge in [0.1, 0.15) is 0 Å². The fraction of sp³-hybridized carbons (Fsp3) is 0.412. The summed E-state index contributed by atoms with van der Waals surface area (Å²) in [6.07, 6.45) is 4.39. The zero-order chi connectivity index (χ0) is 16.8. The predicted molar refractivity (Wildman–Crippen MR) is 88.5 cm³/mol. The van der Waals surface area contributed by atoms with Crippen molar-refractivity contribution in [2.75, 3.05) is 20.2 Å². The van der Waals surface area contributed by atoms with Crippen molar-refractivity contribution in [2.24, 2.45) is 0 Å². The molecule has 0 aliphatic carbocycles. The number of hydrogen-bond donors (Lipinski definition) is 2. The first-order chi connectivity index (χ1) is 11.0. The fourth-order valence-corrected chi connectivity index (χ4v) is 2.59. The van der Waals surface area contributed by atoms with Gasteiger partial charge >= 0.3 is 0 Å². The van der Waals surface area contributed by atoms with Crippen LogP contribution in [0.1, 0.15) is 17.0 Å². The molecule has 0 aliphatic rings. The molecule has 2 rings (SSSR count). The minimum Gasteiger partial charge on any atom is -0.503 e. The third-order valence-electron chi connectivity index (χ3n) is 3.87. The van der Waals surface area contributed by atoms with Gasteiger partial charge in [0.25, 0.3) is 0 Å². The van der Waals surface area contributed by atoms with Crippen LogP contribution < -0.4 is 5.43 Å². The summed E-state index contributed by atoms with van der Waals surface area (Å²) in [6, 6.07) is 5.34. The third kappa shape index (κ3) is 4.40. The van der Waals surface area contributed by atoms with Gasteiger partial charge in [0.2, 0.25) is 5.43 Å². The highest BCUT2D eigenvalue weighted by Gasteiger charge is 2.14. The SMILES string of the molecule is Cc1cc(=O)c(O)c(CN(C)CCc2ccncc2)n1CCO. The maximum Gasteiger partial charge on any atom is 0.223 e. The van der Waals surface area contributed by atoms with Gasteiger partial charge in [-0.15, -0.1) is 0 Å². The van der Waals surface area contributed by atoms with E-state index in [4.69, 9.17) is 0 Å². The molecule has 0 amide bonds. The van der Waals surface area contributed by atoms with Crippen molar-refractivity contribution in [2.45, 2.75) is 26.4 Å². The van der Waals surface area contributed by atoms with Crippen LogP contribution in [0.25, 0.3) is 0 Å². The molecule has 6 heteroatoms. The van der Waals surface area contributed by atoms with Gasteiger partial charge in [-0.05, 0) is 38.1 Å². The Morgan fingerprint density at radius 3 is 2.65 bits per heavy atom. The second-order valence-corrected chi connectivity index (χ2v) is 5.66. The molecule has 0 aromatic carbocycles. The first kappa shape index (κ1) is 17.2. The van der Waals surface area contributed by atoms with Crippen LogP contribution in [-0.4, -0.2) is 44.9 Å². The van der Waals surface area contributed by atoms with Gasteiger partial charge < -0.3 is 19.7 Å². The molecule has 2 aromatic rings. The molecule has 0 saturated heterocycles. The van der Waals surface area contributed by atoms with E-state index >= 15 is 0 Å². The lowest BCUT2D eigenvalue weighted by molar-refractivity contribution is 0.261. The van der Waals surface area contributed by atoms with Crippen molar-refractivity contribution in [1.82, 2.24) is 14.5 Å². The molecule has 0 saturated carbocycles. The number of nitrogens with zero attached hydrogens (tertiary/aromatic N) is 3. The molecule has 2 aromatic heterocycles. The monoisotopic (exact) mass is 317 g/mol. The Hall–Kier alpha value is -2.18. The lowest BCUT2D eigenvalue weighted by Gasteiger charge is -2.22. The lowest BCUT2D eigenvalue weighted by Crippen LogP contribution is -2.26. The number of aryl methyl sites for hydroxylation is 1. The number of aromatic hydroxyl groups is 1. The van der Waals surface area contributed by atoms with Crippen molar-refractivity contribution in [3.8, 4) is 5.75 Å². The average Bonchev–Trinajstić information content (AvgIpc) is 2.55. The van der Waals surface area contributed by atoms with Crippen LogP contribution in [0.15, 0.2) is 35.4 Å². The maximum atomic E-state index is 11.8. The Kier molecular flexibility index (Phi) is 5.90. The van der Waals surface area contributed by atoms with Crippen LogP contribution in [-0.2, 0) is 19.5 Å². The molecule has 23 heavy (non-hydrogen) atoms. The number of aliphatic hydroxyl groups excluding tert-OH is 1. The second-order valence-electron chi connectivity index (χ2n) is 5.66. The Bertz CT molecular complexity index is 698. The van der Waals surface area contributed by atoms with Gasteiger partial charge in [0, 0.05) is 43.8 Å². The molecule has 0 spiro atoms. The standard InChI is InChI=1S/C17H23N3O3/c1-13-11-16(22)17(23)15(20(13)9-10-21)12-19(2)8-5-14-3-6-18-7-4-14/h3-4,6-7,11,21,23H,5,8-10,12H2,1-2H3. The lowest BCUT2D eigenvalue weighted by atomic mass is 10.2. The highest BCUT2D eigenvalue weighted by atomic mass is 16.3. The van der Waals surface area contributed by atoms with E-state index in [9.17, 15) is 15.0 Å². The molecule has 0 aliphatic heterocycles. The summed E-state index contributed by atoms with van der Waals surface area (Å²) >= 11 is 0. The summed E-state index contributed by atoms with van der Waals surface area (Å²) < 4.78 is 1.79. The molecular formula is C17H23N3O3. The van der Waals surface area contributed by atoms with Crippen LogP contribution in [0.3, 0.4) is 0 Å². The molecule has 2 N–H and O–H groups in total. The summed E-state index contributed by atoms with van der Waals surface area (Å²) in [5, 5.41) is 19.3. The summed E-state index contributed by atoms with van der Waals surface area (Å²) in [4.78, 5) is 17.9. The van der Waals surface area contributed by atoms with Crippen LogP contribution in [0.5, 0.6) is 5.75 Å². The second kappa shape index (κ2) is 7.89. The van der Waals surface area contributed by atoms with Crippen LogP contribution in [0, 0.1) is 6.92 Å². The first-order valence-electron chi connectivity index (χ1n) is 7.63. The Morgan fingerprint density at radius 2 is 2.00 bits per heavy atom. The summed E-state index contributed by atoms with van der Waals surface area (Å²) in [5.41, 5.74) is 2.09. The average molecular weight is 317 g/mol. The van der Waals surface area contributed by atoms with Gasteiger partial charge in [-0.1, -0.05) is 0 Å². The van der Waals surface area contributed by atoms with E-state index in [2.05, 4.69) is 4.98 Å². The predicted octanol–water partition coefficient (Wildman–Crippen LogP) is 0.924. The van der Waals surface area contributed by atoms with Gasteiger partial charge in [0.05, 0.1) is 12.3 Å². The van der Waals surface area contributed by atoms with Gasteiger partial charge in [-0.25, -0.2) is 0 Å². The smallest absolute Gasteiger partial charge is 0.223 e. The van der Waals surface area contributed by atoms with Crippen molar-refractivity contribution >= 4 is 0 Å². The number of aromatic nitrogens is 2. The Balaban J connectivity index is 2.13. The summed E-state index contributed by atoms with van der Waals surface area (Å²) in [7, 11) is 1.94. The van der Waals surface area contributed by atoms with Gasteiger partial charge in [-0.3, -0.25) is 9.78 Å². The van der Waals surface area contributed by atoms with Crippen LogP contribution >= 0.6 is 0 Å². The van der Waals surface area contributed by atoms with Crippen molar-refractivity contribution in [3.63, 3.8) is 0 Å². The first-order valence-corrected chi connectivity index (χ1v) is 7.63. The molecule has 0 unspecified atom stereocenters. The third-order valence-corrected chi connectivity index (χ3v) is 3.87. The number of pyridine rings is 2. The number of rotatable bonds is 7. The molecular weight excluding hydrogens is 294 g/mol. The molecule has 0 radical (unpaired) electrons. The minimum atomic E-state index is -0.380. The summed E-state index contributed by atoms with van der Waals surface area (Å²) in [5.74, 6) is -0.236. The van der Waals surface area contributed by atoms with E-state index in [1.807, 2.05) is 24.1 Å². The fourth-order valence-electron chi connectivity index (χ4n) is 2.59. The van der Waals surface area contributed by atoms with E-state index in [1.165, 1.54) is 11.6 Å². The molecule has 124 valence electrons. The van der Waals surface area contributed by atoms with E-state index in [0.717, 1.165) is 18.7 Å². The highest BCUT2D eigenvalue weighted by Crippen LogP contribution is 2.16. The van der Waals surface area contributed by atoms with Crippen molar-refractivity contribution in [3.05, 3.63) is 57.8 Å². The molecule has 0 bridgehead atoms. The number of hydrogen-bond acceptors (Lipinski definition) is 5. The Morgan fingerprint density at radius 1 is 1.30 bits per heavy atom. The van der Waals surface area contributed by atoms with E-state index in [0.29, 0.717) is 18.8 Å². The van der Waals surface area contributed by atoms with E-state index in [1.54, 1.807) is 23.9 Å². The summed E-state index contributed by atoms with van der Waals surface area (Å²) in [6.45, 7) is 3.33. The van der Waals surface area contributed by atoms with Gasteiger partial charge in [0.15, 0.2) is 5.75 Å². The van der Waals surface area contributed by atoms with Crippen LogP contribution in [0.2, 0.25) is 0 Å². The zero-order valence-electron chi connectivity index (χ0n) is 13.6.